The molecule has 2 aromatic carbocycles. The SMILES string of the molecule is COc1ccccc1N(C=O)C(C)C(=O)C(=O)NCc1cc(Cl)cc(Cl)c1. The van der Waals surface area contributed by atoms with E-state index < -0.39 is 17.7 Å². The van der Waals surface area contributed by atoms with Crippen LogP contribution in [-0.2, 0) is 20.9 Å². The van der Waals surface area contributed by atoms with Gasteiger partial charge in [0.25, 0.3) is 5.91 Å². The predicted molar refractivity (Wildman–Crippen MR) is 104 cm³/mol. The first-order chi connectivity index (χ1) is 12.9. The van der Waals surface area contributed by atoms with E-state index in [9.17, 15) is 14.4 Å². The number of Topliss-reactive ketones (excluding diaryl/α,β-unsaturated/α-hetero) is 1. The maximum absolute atomic E-state index is 12.5. The van der Waals surface area contributed by atoms with Gasteiger partial charge < -0.3 is 15.0 Å². The summed E-state index contributed by atoms with van der Waals surface area (Å²) in [6.07, 6.45) is 0.491. The Balaban J connectivity index is 2.10. The van der Waals surface area contributed by atoms with Crippen molar-refractivity contribution in [2.45, 2.75) is 19.5 Å². The number of halogens is 2. The summed E-state index contributed by atoms with van der Waals surface area (Å²) in [6, 6.07) is 10.5. The summed E-state index contributed by atoms with van der Waals surface area (Å²) < 4.78 is 5.21. The molecule has 8 heteroatoms. The van der Waals surface area contributed by atoms with Crippen LogP contribution < -0.4 is 15.0 Å². The molecule has 142 valence electrons. The number of nitrogens with one attached hydrogen (secondary N) is 1. The van der Waals surface area contributed by atoms with E-state index >= 15 is 0 Å². The number of rotatable bonds is 8. The Morgan fingerprint density at radius 3 is 2.41 bits per heavy atom. The molecule has 0 aliphatic carbocycles. The van der Waals surface area contributed by atoms with Gasteiger partial charge in [0, 0.05) is 16.6 Å². The third-order valence-electron chi connectivity index (χ3n) is 3.87. The molecule has 2 rings (SSSR count). The van der Waals surface area contributed by atoms with Crippen LogP contribution in [0.1, 0.15) is 12.5 Å². The second-order valence-electron chi connectivity index (χ2n) is 5.69. The molecule has 0 fully saturated rings. The number of amides is 2. The lowest BCUT2D eigenvalue weighted by Crippen LogP contribution is -2.45. The lowest BCUT2D eigenvalue weighted by atomic mass is 10.1. The predicted octanol–water partition coefficient (Wildman–Crippen LogP) is 3.24. The molecule has 2 amide bonds. The summed E-state index contributed by atoms with van der Waals surface area (Å²) in [5.74, 6) is -1.17. The lowest BCUT2D eigenvalue weighted by molar-refractivity contribution is -0.138. The topological polar surface area (TPSA) is 75.7 Å². The molecule has 27 heavy (non-hydrogen) atoms. The number of nitrogens with zero attached hydrogens (tertiary/aromatic N) is 1. The van der Waals surface area contributed by atoms with Gasteiger partial charge in [-0.05, 0) is 42.8 Å². The number of hydrogen-bond acceptors (Lipinski definition) is 4. The van der Waals surface area contributed by atoms with Gasteiger partial charge in [-0.25, -0.2) is 0 Å². The van der Waals surface area contributed by atoms with Crippen LogP contribution in [0.2, 0.25) is 10.0 Å². The van der Waals surface area contributed by atoms with Gasteiger partial charge in [0.05, 0.1) is 12.8 Å². The minimum absolute atomic E-state index is 0.0767. The van der Waals surface area contributed by atoms with Gasteiger partial charge in [0.1, 0.15) is 11.8 Å². The number of carbonyl (C=O) groups is 3. The number of hydrogen-bond donors (Lipinski definition) is 1. The normalized spacial score (nSPS) is 11.4. The van der Waals surface area contributed by atoms with Crippen LogP contribution in [-0.4, -0.2) is 31.3 Å². The molecule has 0 aliphatic heterocycles. The Kier molecular flexibility index (Phi) is 7.21. The number of methoxy groups -OCH3 is 1. The fraction of sp³-hybridized carbons (Fsp3) is 0.211. The Bertz CT molecular complexity index is 837. The molecule has 0 heterocycles. The van der Waals surface area contributed by atoms with Crippen molar-refractivity contribution in [3.63, 3.8) is 0 Å². The highest BCUT2D eigenvalue weighted by molar-refractivity contribution is 6.39. The second-order valence-corrected chi connectivity index (χ2v) is 6.56. The first kappa shape index (κ1) is 20.7. The Labute approximate surface area is 167 Å². The van der Waals surface area contributed by atoms with Crippen molar-refractivity contribution in [3.8, 4) is 5.75 Å². The van der Waals surface area contributed by atoms with Crippen LogP contribution in [0.3, 0.4) is 0 Å². The fourth-order valence-corrected chi connectivity index (χ4v) is 3.07. The van der Waals surface area contributed by atoms with Crippen LogP contribution in [0.25, 0.3) is 0 Å². The van der Waals surface area contributed by atoms with Crippen molar-refractivity contribution < 1.29 is 19.1 Å². The van der Waals surface area contributed by atoms with E-state index in [1.165, 1.54) is 14.0 Å². The molecule has 0 aromatic heterocycles. The van der Waals surface area contributed by atoms with Crippen molar-refractivity contribution in [2.75, 3.05) is 12.0 Å². The molecule has 1 unspecified atom stereocenters. The molecule has 0 saturated carbocycles. The fourth-order valence-electron chi connectivity index (χ4n) is 2.50. The van der Waals surface area contributed by atoms with E-state index in [0.717, 1.165) is 4.90 Å². The van der Waals surface area contributed by atoms with Gasteiger partial charge in [-0.3, -0.25) is 14.4 Å². The van der Waals surface area contributed by atoms with Crippen molar-refractivity contribution in [2.24, 2.45) is 0 Å². The Morgan fingerprint density at radius 2 is 1.81 bits per heavy atom. The largest absolute Gasteiger partial charge is 0.495 e. The van der Waals surface area contributed by atoms with Gasteiger partial charge in [0.2, 0.25) is 12.2 Å². The van der Waals surface area contributed by atoms with Crippen LogP contribution in [0.4, 0.5) is 5.69 Å². The number of ether oxygens (including phenoxy) is 1. The van der Waals surface area contributed by atoms with Gasteiger partial charge in [0.15, 0.2) is 0 Å². The highest BCUT2D eigenvalue weighted by Gasteiger charge is 2.28. The summed E-state index contributed by atoms with van der Waals surface area (Å²) in [6.45, 7) is 1.55. The number of anilines is 1. The summed E-state index contributed by atoms with van der Waals surface area (Å²) in [5.41, 5.74) is 1.04. The van der Waals surface area contributed by atoms with E-state index in [2.05, 4.69) is 5.32 Å². The molecule has 6 nitrogen and oxygen atoms in total. The van der Waals surface area contributed by atoms with E-state index in [4.69, 9.17) is 27.9 Å². The van der Waals surface area contributed by atoms with E-state index in [1.54, 1.807) is 42.5 Å². The second kappa shape index (κ2) is 9.39. The van der Waals surface area contributed by atoms with Gasteiger partial charge in [-0.15, -0.1) is 0 Å². The monoisotopic (exact) mass is 408 g/mol. The third kappa shape index (κ3) is 5.21. The average molecular weight is 409 g/mol. The smallest absolute Gasteiger partial charge is 0.289 e. The van der Waals surface area contributed by atoms with Crippen molar-refractivity contribution in [1.82, 2.24) is 5.32 Å². The number of ketones is 1. The van der Waals surface area contributed by atoms with Crippen LogP contribution in [0, 0.1) is 0 Å². The molecule has 2 aromatic rings. The van der Waals surface area contributed by atoms with Crippen LogP contribution in [0.5, 0.6) is 5.75 Å². The Hall–Kier alpha value is -2.57. The first-order valence-electron chi connectivity index (χ1n) is 8.01. The summed E-state index contributed by atoms with van der Waals surface area (Å²) >= 11 is 11.8. The summed E-state index contributed by atoms with van der Waals surface area (Å²) in [4.78, 5) is 37.4. The molecule has 1 N–H and O–H groups in total. The molecular weight excluding hydrogens is 391 g/mol. The third-order valence-corrected chi connectivity index (χ3v) is 4.31. The van der Waals surface area contributed by atoms with Crippen LogP contribution >= 0.6 is 23.2 Å². The maximum Gasteiger partial charge on any atom is 0.289 e. The molecule has 0 spiro atoms. The molecular formula is C19H18Cl2N2O4. The minimum atomic E-state index is -1.01. The van der Waals surface area contributed by atoms with Crippen molar-refractivity contribution in [3.05, 3.63) is 58.1 Å². The van der Waals surface area contributed by atoms with Crippen molar-refractivity contribution >= 4 is 47.0 Å². The molecule has 0 bridgehead atoms. The lowest BCUT2D eigenvalue weighted by Gasteiger charge is -2.25. The average Bonchev–Trinajstić information content (AvgIpc) is 2.65. The minimum Gasteiger partial charge on any atom is -0.495 e. The molecule has 1 atom stereocenters. The van der Waals surface area contributed by atoms with E-state index in [1.807, 2.05) is 0 Å². The zero-order chi connectivity index (χ0) is 20.0. The Morgan fingerprint density at radius 1 is 1.19 bits per heavy atom. The van der Waals surface area contributed by atoms with Gasteiger partial charge >= 0.3 is 0 Å². The maximum atomic E-state index is 12.5. The van der Waals surface area contributed by atoms with E-state index in [-0.39, 0.29) is 6.54 Å². The van der Waals surface area contributed by atoms with Gasteiger partial charge in [-0.1, -0.05) is 35.3 Å². The number of benzene rings is 2. The quantitative estimate of drug-likeness (QED) is 0.537. The summed E-state index contributed by atoms with van der Waals surface area (Å²) in [5, 5.41) is 3.36. The van der Waals surface area contributed by atoms with E-state index in [0.29, 0.717) is 33.5 Å². The first-order valence-corrected chi connectivity index (χ1v) is 8.76. The highest BCUT2D eigenvalue weighted by Crippen LogP contribution is 2.28. The number of para-hydroxylation sites is 2. The summed E-state index contributed by atoms with van der Waals surface area (Å²) in [7, 11) is 1.46. The number of carbonyl (C=O) groups excluding carboxylic acids is 3. The van der Waals surface area contributed by atoms with Gasteiger partial charge in [-0.2, -0.15) is 0 Å². The zero-order valence-corrected chi connectivity index (χ0v) is 16.3. The van der Waals surface area contributed by atoms with Crippen molar-refractivity contribution in [1.29, 1.82) is 0 Å². The highest BCUT2D eigenvalue weighted by atomic mass is 35.5. The molecule has 0 aliphatic rings. The standard InChI is InChI=1S/C19H18Cl2N2O4/c1-12(23(11-24)16-5-3-4-6-17(16)27-2)18(25)19(26)22-10-13-7-14(20)9-15(21)8-13/h3-9,11-12H,10H2,1-2H3,(H,22,26). The molecule has 0 saturated heterocycles. The molecule has 0 radical (unpaired) electrons. The zero-order valence-electron chi connectivity index (χ0n) is 14.7. The van der Waals surface area contributed by atoms with Crippen LogP contribution in [0.15, 0.2) is 42.5 Å².